The largest absolute Gasteiger partial charge is 0.397 e. The lowest BCUT2D eigenvalue weighted by Gasteiger charge is -2.37. The smallest absolute Gasteiger partial charge is 0.266 e. The van der Waals surface area contributed by atoms with Gasteiger partial charge in [0.2, 0.25) is 0 Å². The van der Waals surface area contributed by atoms with Gasteiger partial charge in [0.15, 0.2) is 0 Å². The van der Waals surface area contributed by atoms with Gasteiger partial charge >= 0.3 is 0 Å². The Morgan fingerprint density at radius 1 is 1.50 bits per heavy atom. The van der Waals surface area contributed by atoms with E-state index >= 15 is 0 Å². The van der Waals surface area contributed by atoms with Crippen LogP contribution in [-0.2, 0) is 0 Å². The number of carbonyl (C=O) groups excluding carboxylic acids is 1. The Morgan fingerprint density at radius 3 is 3.05 bits per heavy atom. The number of amides is 1. The molecule has 2 aromatic rings. The molecule has 1 saturated heterocycles. The minimum absolute atomic E-state index is 0.0598. The molecule has 106 valence electrons. The van der Waals surface area contributed by atoms with Crippen molar-refractivity contribution in [1.29, 1.82) is 0 Å². The van der Waals surface area contributed by atoms with Gasteiger partial charge in [-0.25, -0.2) is 4.98 Å². The lowest BCUT2D eigenvalue weighted by atomic mass is 9.92. The summed E-state index contributed by atoms with van der Waals surface area (Å²) in [6.07, 6.45) is 3.99. The number of nitrogens with two attached hydrogens (primary N) is 1. The molecule has 2 aromatic heterocycles. The summed E-state index contributed by atoms with van der Waals surface area (Å²) in [5.74, 6) is 0.603. The van der Waals surface area contributed by atoms with Crippen LogP contribution in [0.5, 0.6) is 0 Å². The summed E-state index contributed by atoms with van der Waals surface area (Å²) < 4.78 is 0. The van der Waals surface area contributed by atoms with Gasteiger partial charge in [-0.2, -0.15) is 0 Å². The first-order chi connectivity index (χ1) is 9.59. The van der Waals surface area contributed by atoms with E-state index in [1.807, 2.05) is 17.0 Å². The maximum absolute atomic E-state index is 12.8. The third kappa shape index (κ3) is 2.06. The second-order valence-corrected chi connectivity index (χ2v) is 6.56. The maximum atomic E-state index is 12.8. The van der Waals surface area contributed by atoms with E-state index in [9.17, 15) is 4.79 Å². The molecule has 2 unspecified atom stereocenters. The van der Waals surface area contributed by atoms with Crippen LogP contribution in [0.25, 0.3) is 10.2 Å². The summed E-state index contributed by atoms with van der Waals surface area (Å²) in [6, 6.07) is 4.05. The molecule has 2 atom stereocenters. The van der Waals surface area contributed by atoms with Crippen LogP contribution in [-0.4, -0.2) is 28.4 Å². The molecule has 3 rings (SSSR count). The molecule has 1 fully saturated rings. The molecule has 5 heteroatoms. The van der Waals surface area contributed by atoms with Crippen LogP contribution in [0.4, 0.5) is 5.69 Å². The number of hydrogen-bond acceptors (Lipinski definition) is 4. The second kappa shape index (κ2) is 5.05. The molecule has 0 aliphatic carbocycles. The van der Waals surface area contributed by atoms with Crippen molar-refractivity contribution in [3.63, 3.8) is 0 Å². The van der Waals surface area contributed by atoms with E-state index in [0.29, 0.717) is 16.5 Å². The fourth-order valence-corrected chi connectivity index (χ4v) is 3.88. The number of pyridine rings is 1. The Balaban J connectivity index is 1.98. The normalized spacial score (nSPS) is 23.2. The van der Waals surface area contributed by atoms with Gasteiger partial charge in [0.05, 0.1) is 5.69 Å². The van der Waals surface area contributed by atoms with E-state index in [4.69, 9.17) is 5.73 Å². The Labute approximate surface area is 122 Å². The van der Waals surface area contributed by atoms with Gasteiger partial charge in [0, 0.05) is 24.2 Å². The van der Waals surface area contributed by atoms with Crippen LogP contribution in [0.2, 0.25) is 0 Å². The van der Waals surface area contributed by atoms with Crippen molar-refractivity contribution >= 4 is 33.1 Å². The molecule has 3 heterocycles. The molecule has 1 aliphatic rings. The zero-order chi connectivity index (χ0) is 14.3. The summed E-state index contributed by atoms with van der Waals surface area (Å²) in [5, 5.41) is 0.888. The molecule has 1 amide bonds. The molecular weight excluding hydrogens is 270 g/mol. The topological polar surface area (TPSA) is 59.2 Å². The monoisotopic (exact) mass is 289 g/mol. The van der Waals surface area contributed by atoms with Gasteiger partial charge in [0.25, 0.3) is 5.91 Å². The van der Waals surface area contributed by atoms with Crippen LogP contribution in [0, 0.1) is 5.92 Å². The van der Waals surface area contributed by atoms with Crippen molar-refractivity contribution in [2.24, 2.45) is 5.92 Å². The fourth-order valence-electron chi connectivity index (χ4n) is 2.86. The maximum Gasteiger partial charge on any atom is 0.266 e. The number of nitrogen functional groups attached to an aromatic ring is 1. The molecule has 2 N–H and O–H groups in total. The molecule has 0 aromatic carbocycles. The lowest BCUT2D eigenvalue weighted by molar-refractivity contribution is 0.0557. The van der Waals surface area contributed by atoms with E-state index in [0.717, 1.165) is 23.2 Å². The molecule has 4 nitrogen and oxygen atoms in total. The summed E-state index contributed by atoms with van der Waals surface area (Å²) in [4.78, 5) is 20.5. The summed E-state index contributed by atoms with van der Waals surface area (Å²) >= 11 is 1.40. The van der Waals surface area contributed by atoms with Crippen molar-refractivity contribution in [2.75, 3.05) is 12.3 Å². The zero-order valence-electron chi connectivity index (χ0n) is 11.8. The third-order valence-corrected chi connectivity index (χ3v) is 5.45. The van der Waals surface area contributed by atoms with E-state index in [2.05, 4.69) is 18.8 Å². The number of carbonyl (C=O) groups is 1. The number of fused-ring (bicyclic) bond motifs is 1. The van der Waals surface area contributed by atoms with E-state index in [1.54, 1.807) is 6.20 Å². The predicted octanol–water partition coefficient (Wildman–Crippen LogP) is 3.14. The number of hydrogen-bond donors (Lipinski definition) is 1. The van der Waals surface area contributed by atoms with Crippen molar-refractivity contribution in [3.8, 4) is 0 Å². The highest BCUT2D eigenvalue weighted by molar-refractivity contribution is 7.21. The van der Waals surface area contributed by atoms with E-state index in [-0.39, 0.29) is 11.9 Å². The highest BCUT2D eigenvalue weighted by atomic mass is 32.1. The lowest BCUT2D eigenvalue weighted by Crippen LogP contribution is -2.45. The minimum atomic E-state index is 0.0598. The predicted molar refractivity (Wildman–Crippen MR) is 82.9 cm³/mol. The van der Waals surface area contributed by atoms with Crippen LogP contribution in [0.1, 0.15) is 36.4 Å². The molecular formula is C15H19N3OS. The van der Waals surface area contributed by atoms with E-state index in [1.165, 1.54) is 17.8 Å². The first-order valence-electron chi connectivity index (χ1n) is 7.03. The Kier molecular flexibility index (Phi) is 3.38. The molecule has 0 bridgehead atoms. The first kappa shape index (κ1) is 13.4. The Hall–Kier alpha value is -1.62. The first-order valence-corrected chi connectivity index (χ1v) is 7.85. The van der Waals surface area contributed by atoms with Crippen LogP contribution in [0.3, 0.4) is 0 Å². The second-order valence-electron chi connectivity index (χ2n) is 5.56. The summed E-state index contributed by atoms with van der Waals surface area (Å²) in [7, 11) is 0. The Morgan fingerprint density at radius 2 is 2.30 bits per heavy atom. The van der Waals surface area contributed by atoms with Crippen molar-refractivity contribution in [1.82, 2.24) is 9.88 Å². The molecule has 0 radical (unpaired) electrons. The van der Waals surface area contributed by atoms with Crippen LogP contribution >= 0.6 is 11.3 Å². The number of piperidine rings is 1. The van der Waals surface area contributed by atoms with Crippen molar-refractivity contribution in [2.45, 2.75) is 32.7 Å². The average Bonchev–Trinajstić information content (AvgIpc) is 2.79. The van der Waals surface area contributed by atoms with Crippen molar-refractivity contribution in [3.05, 3.63) is 23.2 Å². The number of aromatic nitrogens is 1. The average molecular weight is 289 g/mol. The third-order valence-electron chi connectivity index (χ3n) is 4.33. The highest BCUT2D eigenvalue weighted by Crippen LogP contribution is 2.34. The van der Waals surface area contributed by atoms with Gasteiger partial charge in [-0.05, 0) is 37.8 Å². The number of anilines is 1. The summed E-state index contributed by atoms with van der Waals surface area (Å²) in [6.45, 7) is 5.16. The van der Waals surface area contributed by atoms with Gasteiger partial charge in [-0.3, -0.25) is 4.79 Å². The molecule has 1 aliphatic heterocycles. The van der Waals surface area contributed by atoms with Gasteiger partial charge in [-0.1, -0.05) is 6.92 Å². The summed E-state index contributed by atoms with van der Waals surface area (Å²) in [5.41, 5.74) is 6.73. The highest BCUT2D eigenvalue weighted by Gasteiger charge is 2.31. The number of thiophene rings is 1. The molecule has 0 saturated carbocycles. The Bertz CT molecular complexity index is 652. The molecule has 0 spiro atoms. The minimum Gasteiger partial charge on any atom is -0.397 e. The SMILES string of the molecule is CC1CCCN(C(=O)c2sc3ncccc3c2N)C1C. The van der Waals surface area contributed by atoms with Gasteiger partial charge in [0.1, 0.15) is 9.71 Å². The van der Waals surface area contributed by atoms with Crippen LogP contribution in [0.15, 0.2) is 18.3 Å². The van der Waals surface area contributed by atoms with Gasteiger partial charge < -0.3 is 10.6 Å². The number of nitrogens with zero attached hydrogens (tertiary/aromatic N) is 2. The number of rotatable bonds is 1. The van der Waals surface area contributed by atoms with E-state index < -0.39 is 0 Å². The fraction of sp³-hybridized carbons (Fsp3) is 0.467. The van der Waals surface area contributed by atoms with Crippen LogP contribution < -0.4 is 5.73 Å². The zero-order valence-corrected chi connectivity index (χ0v) is 12.6. The number of likely N-dealkylation sites (tertiary alicyclic amines) is 1. The quantitative estimate of drug-likeness (QED) is 0.877. The standard InChI is InChI=1S/C15H19N3OS/c1-9-5-4-8-18(10(9)2)15(19)13-12(16)11-6-3-7-17-14(11)20-13/h3,6-7,9-10H,4-5,8,16H2,1-2H3. The molecule has 20 heavy (non-hydrogen) atoms. The van der Waals surface area contributed by atoms with Gasteiger partial charge in [-0.15, -0.1) is 11.3 Å². The van der Waals surface area contributed by atoms with Crippen molar-refractivity contribution < 1.29 is 4.79 Å².